The lowest BCUT2D eigenvalue weighted by Gasteiger charge is -2.26. The minimum absolute atomic E-state index is 0.125. The maximum absolute atomic E-state index is 11.1. The summed E-state index contributed by atoms with van der Waals surface area (Å²) in [6.07, 6.45) is 3.14. The van der Waals surface area contributed by atoms with Gasteiger partial charge in [0.25, 0.3) is 0 Å². The van der Waals surface area contributed by atoms with Gasteiger partial charge in [-0.15, -0.1) is 10.2 Å². The molecule has 0 spiro atoms. The second-order valence-corrected chi connectivity index (χ2v) is 8.41. The number of nitrogens with zero attached hydrogens (tertiary/aromatic N) is 5. The van der Waals surface area contributed by atoms with Gasteiger partial charge in [0.15, 0.2) is 0 Å². The average Bonchev–Trinajstić information content (AvgIpc) is 3.46. The lowest BCUT2D eigenvalue weighted by atomic mass is 10.0. The van der Waals surface area contributed by atoms with Crippen LogP contribution < -0.4 is 14.3 Å². The molecule has 0 unspecified atom stereocenters. The highest BCUT2D eigenvalue weighted by molar-refractivity contribution is 7.84. The van der Waals surface area contributed by atoms with Gasteiger partial charge < -0.3 is 4.18 Å². The Labute approximate surface area is 182 Å². The monoisotopic (exact) mass is 452 g/mol. The number of nitriles is 1. The number of thiophene rings is 1. The number of rotatable bonds is 7. The van der Waals surface area contributed by atoms with E-state index >= 15 is 0 Å². The van der Waals surface area contributed by atoms with Crippen molar-refractivity contribution in [2.24, 2.45) is 5.14 Å². The molecule has 0 bridgehead atoms. The highest BCUT2D eigenvalue weighted by Gasteiger charge is 2.15. The number of hydrogen-bond acceptors (Lipinski definition) is 8. The predicted octanol–water partition coefficient (Wildman–Crippen LogP) is 2.93. The summed E-state index contributed by atoms with van der Waals surface area (Å²) in [6.45, 7) is 0.419. The molecule has 11 heteroatoms. The fraction of sp³-hybridized carbons (Fsp3) is 0.0500. The van der Waals surface area contributed by atoms with Gasteiger partial charge in [-0.1, -0.05) is 12.1 Å². The predicted molar refractivity (Wildman–Crippen MR) is 116 cm³/mol. The molecule has 156 valence electrons. The van der Waals surface area contributed by atoms with Gasteiger partial charge in [-0.2, -0.15) is 30.2 Å². The second kappa shape index (κ2) is 8.57. The van der Waals surface area contributed by atoms with Crippen molar-refractivity contribution in [2.45, 2.75) is 6.54 Å². The van der Waals surface area contributed by atoms with Crippen LogP contribution in [0.2, 0.25) is 0 Å². The Balaban J connectivity index is 1.69. The minimum atomic E-state index is -4.08. The number of benzene rings is 2. The van der Waals surface area contributed by atoms with Gasteiger partial charge in [-0.3, -0.25) is 5.01 Å². The van der Waals surface area contributed by atoms with Crippen molar-refractivity contribution < 1.29 is 12.6 Å². The van der Waals surface area contributed by atoms with Crippen LogP contribution in [-0.2, 0) is 16.8 Å². The fourth-order valence-electron chi connectivity index (χ4n) is 3.03. The van der Waals surface area contributed by atoms with Gasteiger partial charge in [0.1, 0.15) is 18.4 Å². The summed E-state index contributed by atoms with van der Waals surface area (Å²) in [6, 6.07) is 16.3. The summed E-state index contributed by atoms with van der Waals surface area (Å²) >= 11 is 1.56. The van der Waals surface area contributed by atoms with Crippen molar-refractivity contribution in [3.8, 4) is 22.9 Å². The molecule has 0 aliphatic rings. The van der Waals surface area contributed by atoms with Crippen LogP contribution in [0.4, 0.5) is 5.69 Å². The molecule has 0 atom stereocenters. The molecule has 4 rings (SSSR count). The highest BCUT2D eigenvalue weighted by atomic mass is 32.2. The normalized spacial score (nSPS) is 11.1. The van der Waals surface area contributed by atoms with E-state index in [2.05, 4.69) is 20.4 Å². The molecule has 2 N–H and O–H groups in total. The molecule has 0 saturated heterocycles. The number of anilines is 1. The molecule has 31 heavy (non-hydrogen) atoms. The van der Waals surface area contributed by atoms with Gasteiger partial charge >= 0.3 is 10.3 Å². The topological polar surface area (TPSA) is 127 Å². The zero-order chi connectivity index (χ0) is 21.8. The first-order chi connectivity index (χ1) is 14.9. The molecule has 0 fully saturated rings. The maximum atomic E-state index is 11.1. The quantitative estimate of drug-likeness (QED) is 0.457. The fourth-order valence-corrected chi connectivity index (χ4v) is 4.07. The summed E-state index contributed by atoms with van der Waals surface area (Å²) in [5, 5.41) is 28.1. The van der Waals surface area contributed by atoms with Crippen LogP contribution in [0, 0.1) is 11.3 Å². The first-order valence-electron chi connectivity index (χ1n) is 8.93. The van der Waals surface area contributed by atoms with E-state index in [0.29, 0.717) is 12.1 Å². The van der Waals surface area contributed by atoms with Crippen molar-refractivity contribution >= 4 is 27.3 Å². The molecule has 2 aromatic heterocycles. The van der Waals surface area contributed by atoms with Crippen LogP contribution in [0.1, 0.15) is 11.1 Å². The first kappa shape index (κ1) is 20.5. The number of hydrogen-bond donors (Lipinski definition) is 1. The van der Waals surface area contributed by atoms with Gasteiger partial charge in [-0.25, -0.2) is 4.68 Å². The lowest BCUT2D eigenvalue weighted by molar-refractivity contribution is 0.487. The highest BCUT2D eigenvalue weighted by Crippen LogP contribution is 2.31. The summed E-state index contributed by atoms with van der Waals surface area (Å²) in [5.74, 6) is 0.125. The Bertz CT molecular complexity index is 1310. The number of aromatic nitrogens is 3. The molecule has 2 heterocycles. The summed E-state index contributed by atoms with van der Waals surface area (Å²) < 4.78 is 28.6. The zero-order valence-electron chi connectivity index (χ0n) is 16.0. The molecule has 9 nitrogen and oxygen atoms in total. The lowest BCUT2D eigenvalue weighted by Crippen LogP contribution is -2.28. The van der Waals surface area contributed by atoms with Gasteiger partial charge in [0, 0.05) is 5.56 Å². The van der Waals surface area contributed by atoms with Crippen LogP contribution in [0.15, 0.2) is 71.9 Å². The van der Waals surface area contributed by atoms with Gasteiger partial charge in [0.05, 0.1) is 23.9 Å². The van der Waals surface area contributed by atoms with Crippen LogP contribution >= 0.6 is 11.3 Å². The Morgan fingerprint density at radius 2 is 1.87 bits per heavy atom. The van der Waals surface area contributed by atoms with Gasteiger partial charge in [-0.05, 0) is 58.3 Å². The Morgan fingerprint density at radius 3 is 2.48 bits per heavy atom. The van der Waals surface area contributed by atoms with Crippen molar-refractivity contribution in [1.82, 2.24) is 14.9 Å². The van der Waals surface area contributed by atoms with E-state index in [0.717, 1.165) is 22.4 Å². The zero-order valence-corrected chi connectivity index (χ0v) is 17.6. The van der Waals surface area contributed by atoms with E-state index in [-0.39, 0.29) is 5.75 Å². The average molecular weight is 453 g/mol. The van der Waals surface area contributed by atoms with E-state index in [1.165, 1.54) is 12.1 Å². The Hall–Kier alpha value is -3.72. The van der Waals surface area contributed by atoms with E-state index in [1.807, 2.05) is 34.0 Å². The van der Waals surface area contributed by atoms with Crippen molar-refractivity contribution in [3.63, 3.8) is 0 Å². The van der Waals surface area contributed by atoms with Crippen molar-refractivity contribution in [1.29, 1.82) is 5.26 Å². The molecule has 0 saturated carbocycles. The molecule has 2 aromatic carbocycles. The van der Waals surface area contributed by atoms with Crippen LogP contribution in [0.5, 0.6) is 5.75 Å². The van der Waals surface area contributed by atoms with Crippen LogP contribution in [-0.4, -0.2) is 23.3 Å². The first-order valence-corrected chi connectivity index (χ1v) is 11.3. The summed E-state index contributed by atoms with van der Waals surface area (Å²) in [7, 11) is -4.08. The van der Waals surface area contributed by atoms with E-state index < -0.39 is 10.3 Å². The van der Waals surface area contributed by atoms with Gasteiger partial charge in [0.2, 0.25) is 0 Å². The molecule has 4 aromatic rings. The largest absolute Gasteiger partial charge is 0.380 e. The smallest absolute Gasteiger partial charge is 0.371 e. The molecular formula is C20H16N6O3S2. The third-order valence-electron chi connectivity index (χ3n) is 4.41. The molecule has 0 radical (unpaired) electrons. The Morgan fingerprint density at radius 1 is 1.13 bits per heavy atom. The standard InChI is InChI=1S/C20H16N6O3S2/c21-10-16-3-4-18(9-20(16)17-7-8-30-12-17)26(25-13-23-24-14-25)11-15-1-5-19(6-2-15)29-31(22,27)28/h1-9,12-14H,11H2,(H2,22,27,28). The van der Waals surface area contributed by atoms with Crippen LogP contribution in [0.3, 0.4) is 0 Å². The van der Waals surface area contributed by atoms with E-state index in [1.54, 1.807) is 46.9 Å². The maximum Gasteiger partial charge on any atom is 0.380 e. The third-order valence-corrected chi connectivity index (χ3v) is 5.52. The molecule has 0 amide bonds. The third kappa shape index (κ3) is 4.89. The van der Waals surface area contributed by atoms with Crippen LogP contribution in [0.25, 0.3) is 11.1 Å². The second-order valence-electron chi connectivity index (χ2n) is 6.47. The minimum Gasteiger partial charge on any atom is -0.371 e. The number of nitrogens with two attached hydrogens (primary N) is 1. The SMILES string of the molecule is N#Cc1ccc(N(Cc2ccc(OS(N)(=O)=O)cc2)n2cnnc2)cc1-c1ccsc1. The summed E-state index contributed by atoms with van der Waals surface area (Å²) in [4.78, 5) is 0. The van der Waals surface area contributed by atoms with E-state index in [4.69, 9.17) is 5.14 Å². The van der Waals surface area contributed by atoms with E-state index in [9.17, 15) is 13.7 Å². The summed E-state index contributed by atoms with van der Waals surface area (Å²) in [5.41, 5.74) is 4.07. The Kier molecular flexibility index (Phi) is 5.68. The molecule has 0 aliphatic carbocycles. The van der Waals surface area contributed by atoms with Crippen molar-refractivity contribution in [3.05, 3.63) is 83.1 Å². The molecular weight excluding hydrogens is 436 g/mol. The van der Waals surface area contributed by atoms with Crippen molar-refractivity contribution in [2.75, 3.05) is 5.01 Å². The molecule has 0 aliphatic heterocycles.